The van der Waals surface area contributed by atoms with Gasteiger partial charge in [-0.3, -0.25) is 10.1 Å². The highest BCUT2D eigenvalue weighted by atomic mass is 16.3. The summed E-state index contributed by atoms with van der Waals surface area (Å²) in [5, 5.41) is 10.5. The first-order chi connectivity index (χ1) is 12.8. The van der Waals surface area contributed by atoms with Crippen LogP contribution in [0.4, 0.5) is 0 Å². The van der Waals surface area contributed by atoms with Crippen LogP contribution in [0.25, 0.3) is 11.6 Å². The van der Waals surface area contributed by atoms with Crippen molar-refractivity contribution in [2.45, 2.75) is 18.9 Å². The molecule has 1 aromatic carbocycles. The van der Waals surface area contributed by atoms with E-state index in [1.165, 1.54) is 5.56 Å². The van der Waals surface area contributed by atoms with Crippen LogP contribution in [-0.2, 0) is 6.54 Å². The normalized spacial score (nSPS) is 17.7. The third-order valence-electron chi connectivity index (χ3n) is 4.66. The van der Waals surface area contributed by atoms with Crippen molar-refractivity contribution in [1.82, 2.24) is 25.4 Å². The van der Waals surface area contributed by atoms with Crippen molar-refractivity contribution in [2.75, 3.05) is 20.1 Å². The fourth-order valence-corrected chi connectivity index (χ4v) is 3.34. The Bertz CT molecular complexity index is 855. The van der Waals surface area contributed by atoms with Gasteiger partial charge in [0.05, 0.1) is 12.8 Å². The topological polar surface area (TPSA) is 82.3 Å². The van der Waals surface area contributed by atoms with Crippen molar-refractivity contribution in [3.05, 3.63) is 60.1 Å². The number of aromatic nitrogens is 3. The average molecular weight is 350 g/mol. The molecule has 0 aliphatic carbocycles. The number of aromatic amines is 1. The second-order valence-electron chi connectivity index (χ2n) is 6.33. The van der Waals surface area contributed by atoms with E-state index in [0.717, 1.165) is 31.3 Å². The van der Waals surface area contributed by atoms with E-state index in [2.05, 4.69) is 60.7 Å². The number of hydrogen-bond donors (Lipinski definition) is 2. The van der Waals surface area contributed by atoms with Crippen LogP contribution < -0.4 is 5.32 Å². The van der Waals surface area contributed by atoms with Crippen LogP contribution >= 0.6 is 0 Å². The lowest BCUT2D eigenvalue weighted by atomic mass is 9.99. The van der Waals surface area contributed by atoms with E-state index in [9.17, 15) is 0 Å². The van der Waals surface area contributed by atoms with Gasteiger partial charge in [0, 0.05) is 26.1 Å². The van der Waals surface area contributed by atoms with Gasteiger partial charge in [-0.15, -0.1) is 5.10 Å². The van der Waals surface area contributed by atoms with Crippen molar-refractivity contribution in [3.8, 4) is 11.6 Å². The van der Waals surface area contributed by atoms with Gasteiger partial charge in [0.1, 0.15) is 5.82 Å². The summed E-state index contributed by atoms with van der Waals surface area (Å²) in [5.74, 6) is 3.40. The van der Waals surface area contributed by atoms with E-state index in [4.69, 9.17) is 4.42 Å². The minimum atomic E-state index is 0.535. The molecule has 3 aromatic rings. The third kappa shape index (κ3) is 3.46. The molecule has 0 bridgehead atoms. The van der Waals surface area contributed by atoms with Gasteiger partial charge in [-0.05, 0) is 24.1 Å². The number of furan rings is 1. The monoisotopic (exact) mass is 350 g/mol. The quantitative estimate of drug-likeness (QED) is 0.558. The molecule has 0 radical (unpaired) electrons. The van der Waals surface area contributed by atoms with Gasteiger partial charge < -0.3 is 14.6 Å². The molecule has 1 aliphatic heterocycles. The molecule has 134 valence electrons. The second kappa shape index (κ2) is 7.43. The van der Waals surface area contributed by atoms with Crippen molar-refractivity contribution in [3.63, 3.8) is 0 Å². The molecule has 0 spiro atoms. The third-order valence-corrected chi connectivity index (χ3v) is 4.66. The van der Waals surface area contributed by atoms with E-state index < -0.39 is 0 Å². The number of likely N-dealkylation sites (tertiary alicyclic amines) is 1. The van der Waals surface area contributed by atoms with Gasteiger partial charge in [-0.1, -0.05) is 30.3 Å². The molecule has 1 atom stereocenters. The molecule has 2 aromatic heterocycles. The summed E-state index contributed by atoms with van der Waals surface area (Å²) in [4.78, 5) is 11.2. The zero-order chi connectivity index (χ0) is 17.8. The lowest BCUT2D eigenvalue weighted by Crippen LogP contribution is -2.39. The molecule has 2 N–H and O–H groups in total. The van der Waals surface area contributed by atoms with Gasteiger partial charge in [0.2, 0.25) is 5.82 Å². The molecule has 1 unspecified atom stereocenters. The highest BCUT2D eigenvalue weighted by molar-refractivity contribution is 5.80. The second-order valence-corrected chi connectivity index (χ2v) is 6.33. The van der Waals surface area contributed by atoms with Crippen LogP contribution in [0.1, 0.15) is 23.7 Å². The van der Waals surface area contributed by atoms with Gasteiger partial charge in [-0.25, -0.2) is 4.98 Å². The molecule has 0 amide bonds. The highest BCUT2D eigenvalue weighted by Crippen LogP contribution is 2.26. The molecule has 0 saturated carbocycles. The number of nitrogens with one attached hydrogen (secondary N) is 2. The Hall–Kier alpha value is -3.09. The fourth-order valence-electron chi connectivity index (χ4n) is 3.34. The van der Waals surface area contributed by atoms with Crippen molar-refractivity contribution >= 4 is 5.96 Å². The number of H-pyrrole nitrogens is 1. The average Bonchev–Trinajstić information content (AvgIpc) is 3.44. The number of aliphatic imine (C=N–C) groups is 1. The minimum Gasteiger partial charge on any atom is -0.461 e. The van der Waals surface area contributed by atoms with Crippen LogP contribution in [0.15, 0.2) is 58.1 Å². The lowest BCUT2D eigenvalue weighted by molar-refractivity contribution is 0.484. The zero-order valence-electron chi connectivity index (χ0n) is 14.7. The fraction of sp³-hybridized carbons (Fsp3) is 0.316. The number of guanidine groups is 1. The number of hydrogen-bond acceptors (Lipinski definition) is 4. The first kappa shape index (κ1) is 16.4. The standard InChI is InChI=1S/C19H22N6O/c1-20-19(25-10-9-15(13-25)14-6-3-2-4-7-14)21-12-17-22-18(24-23-17)16-8-5-11-26-16/h2-8,11,15H,9-10,12-13H2,1H3,(H,20,21)(H,22,23,24). The van der Waals surface area contributed by atoms with E-state index in [1.54, 1.807) is 6.26 Å². The Morgan fingerprint density at radius 3 is 2.96 bits per heavy atom. The van der Waals surface area contributed by atoms with Gasteiger partial charge in [-0.2, -0.15) is 0 Å². The van der Waals surface area contributed by atoms with E-state index in [1.807, 2.05) is 19.2 Å². The van der Waals surface area contributed by atoms with Crippen LogP contribution in [0.3, 0.4) is 0 Å². The molecule has 7 heteroatoms. The lowest BCUT2D eigenvalue weighted by Gasteiger charge is -2.21. The first-order valence-corrected chi connectivity index (χ1v) is 8.79. The number of rotatable bonds is 4. The SMILES string of the molecule is CN=C(NCc1nc(-c2ccco2)n[nH]1)N1CCC(c2ccccc2)C1. The van der Waals surface area contributed by atoms with Crippen molar-refractivity contribution < 1.29 is 4.42 Å². The summed E-state index contributed by atoms with van der Waals surface area (Å²) in [6.45, 7) is 2.50. The Labute approximate surface area is 152 Å². The van der Waals surface area contributed by atoms with E-state index in [0.29, 0.717) is 24.0 Å². The van der Waals surface area contributed by atoms with Gasteiger partial charge >= 0.3 is 0 Å². The van der Waals surface area contributed by atoms with Gasteiger partial charge in [0.25, 0.3) is 0 Å². The highest BCUT2D eigenvalue weighted by Gasteiger charge is 2.26. The molecule has 3 heterocycles. The Morgan fingerprint density at radius 2 is 2.19 bits per heavy atom. The molecule has 7 nitrogen and oxygen atoms in total. The number of nitrogens with zero attached hydrogens (tertiary/aromatic N) is 4. The maximum atomic E-state index is 5.32. The summed E-state index contributed by atoms with van der Waals surface area (Å²) >= 11 is 0. The molecular weight excluding hydrogens is 328 g/mol. The van der Waals surface area contributed by atoms with Crippen LogP contribution in [0.2, 0.25) is 0 Å². The smallest absolute Gasteiger partial charge is 0.216 e. The molecule has 1 aliphatic rings. The van der Waals surface area contributed by atoms with E-state index >= 15 is 0 Å². The van der Waals surface area contributed by atoms with Crippen LogP contribution in [-0.4, -0.2) is 46.2 Å². The molecule has 4 rings (SSSR count). The summed E-state index contributed by atoms with van der Waals surface area (Å²) in [6.07, 6.45) is 2.75. The van der Waals surface area contributed by atoms with E-state index in [-0.39, 0.29) is 0 Å². The Kier molecular flexibility index (Phi) is 4.68. The Morgan fingerprint density at radius 1 is 1.31 bits per heavy atom. The zero-order valence-corrected chi connectivity index (χ0v) is 14.7. The Balaban J connectivity index is 1.35. The summed E-state index contributed by atoms with van der Waals surface area (Å²) in [5.41, 5.74) is 1.39. The van der Waals surface area contributed by atoms with Crippen molar-refractivity contribution in [2.24, 2.45) is 4.99 Å². The minimum absolute atomic E-state index is 0.535. The maximum Gasteiger partial charge on any atom is 0.216 e. The summed E-state index contributed by atoms with van der Waals surface area (Å²) in [7, 11) is 1.81. The van der Waals surface area contributed by atoms with Crippen LogP contribution in [0, 0.1) is 0 Å². The molecule has 1 saturated heterocycles. The summed E-state index contributed by atoms with van der Waals surface area (Å²) < 4.78 is 5.32. The predicted octanol–water partition coefficient (Wildman–Crippen LogP) is 2.63. The van der Waals surface area contributed by atoms with Crippen molar-refractivity contribution in [1.29, 1.82) is 0 Å². The summed E-state index contributed by atoms with van der Waals surface area (Å²) in [6, 6.07) is 14.3. The first-order valence-electron chi connectivity index (χ1n) is 8.79. The largest absolute Gasteiger partial charge is 0.461 e. The maximum absolute atomic E-state index is 5.32. The van der Waals surface area contributed by atoms with Crippen LogP contribution in [0.5, 0.6) is 0 Å². The molecule has 26 heavy (non-hydrogen) atoms. The molecule has 1 fully saturated rings. The predicted molar refractivity (Wildman–Crippen MR) is 99.7 cm³/mol. The molecular formula is C19H22N6O. The number of benzene rings is 1. The van der Waals surface area contributed by atoms with Gasteiger partial charge in [0.15, 0.2) is 11.7 Å².